The van der Waals surface area contributed by atoms with Crippen LogP contribution in [0.4, 0.5) is 11.5 Å². The van der Waals surface area contributed by atoms with E-state index in [1.54, 1.807) is 18.2 Å². The smallest absolute Gasteiger partial charge is 0.261 e. The molecule has 2 rings (SSSR count). The van der Waals surface area contributed by atoms with Gasteiger partial charge in [-0.05, 0) is 12.1 Å². The predicted octanol–water partition coefficient (Wildman–Crippen LogP) is 0.950. The van der Waals surface area contributed by atoms with Crippen molar-refractivity contribution in [2.75, 3.05) is 11.1 Å². The van der Waals surface area contributed by atoms with Crippen molar-refractivity contribution < 1.29 is 9.90 Å². The third kappa shape index (κ3) is 1.81. The van der Waals surface area contributed by atoms with Gasteiger partial charge in [0.1, 0.15) is 17.1 Å². The molecule has 2 aromatic rings. The summed E-state index contributed by atoms with van der Waals surface area (Å²) in [6.45, 7) is 0. The molecule has 0 fully saturated rings. The number of nitrogen functional groups attached to an aromatic ring is 1. The number of amides is 1. The summed E-state index contributed by atoms with van der Waals surface area (Å²) in [5.74, 6) is -0.237. The second-order valence-electron chi connectivity index (χ2n) is 3.17. The van der Waals surface area contributed by atoms with E-state index < -0.39 is 5.91 Å². The summed E-state index contributed by atoms with van der Waals surface area (Å²) in [4.78, 5) is 11.7. The zero-order valence-electron chi connectivity index (χ0n) is 8.27. The van der Waals surface area contributed by atoms with Gasteiger partial charge in [0.15, 0.2) is 0 Å². The molecule has 1 amide bonds. The summed E-state index contributed by atoms with van der Waals surface area (Å²) < 4.78 is 0. The van der Waals surface area contributed by atoms with E-state index >= 15 is 0 Å². The fourth-order valence-electron chi connectivity index (χ4n) is 1.25. The molecule has 0 saturated carbocycles. The van der Waals surface area contributed by atoms with Crippen LogP contribution in [0.2, 0.25) is 0 Å². The Morgan fingerprint density at radius 2 is 2.19 bits per heavy atom. The third-order valence-corrected chi connectivity index (χ3v) is 2.07. The number of H-pyrrole nitrogens is 1. The van der Waals surface area contributed by atoms with Gasteiger partial charge in [0.2, 0.25) is 0 Å². The first kappa shape index (κ1) is 10.0. The number of rotatable bonds is 2. The minimum Gasteiger partial charge on any atom is -0.506 e. The molecular weight excluding hydrogens is 208 g/mol. The van der Waals surface area contributed by atoms with Crippen LogP contribution in [0, 0.1) is 0 Å². The summed E-state index contributed by atoms with van der Waals surface area (Å²) in [6, 6.07) is 6.43. The topological polar surface area (TPSA) is 104 Å². The van der Waals surface area contributed by atoms with Crippen molar-refractivity contribution in [3.05, 3.63) is 36.0 Å². The maximum atomic E-state index is 11.7. The van der Waals surface area contributed by atoms with E-state index in [0.29, 0.717) is 5.69 Å². The highest BCUT2D eigenvalue weighted by molar-refractivity contribution is 6.07. The predicted molar refractivity (Wildman–Crippen MR) is 59.1 cm³/mol. The first-order valence-corrected chi connectivity index (χ1v) is 4.56. The van der Waals surface area contributed by atoms with Gasteiger partial charge in [-0.15, -0.1) is 0 Å². The van der Waals surface area contributed by atoms with Crippen molar-refractivity contribution in [1.82, 2.24) is 10.2 Å². The quantitative estimate of drug-likeness (QED) is 0.563. The number of benzene rings is 1. The Morgan fingerprint density at radius 3 is 2.81 bits per heavy atom. The molecular formula is C10H10N4O2. The average molecular weight is 218 g/mol. The second-order valence-corrected chi connectivity index (χ2v) is 3.17. The number of nitrogens with one attached hydrogen (secondary N) is 2. The van der Waals surface area contributed by atoms with Crippen molar-refractivity contribution >= 4 is 17.4 Å². The van der Waals surface area contributed by atoms with Gasteiger partial charge in [-0.1, -0.05) is 12.1 Å². The minimum atomic E-state index is -0.423. The van der Waals surface area contributed by atoms with Crippen LogP contribution in [0.3, 0.4) is 0 Å². The molecule has 0 radical (unpaired) electrons. The van der Waals surface area contributed by atoms with Gasteiger partial charge in [0.05, 0.1) is 11.9 Å². The summed E-state index contributed by atoms with van der Waals surface area (Å²) in [5, 5.41) is 18.1. The van der Waals surface area contributed by atoms with Gasteiger partial charge in [-0.2, -0.15) is 5.10 Å². The molecule has 0 unspecified atom stereocenters. The van der Waals surface area contributed by atoms with Crippen LogP contribution in [-0.4, -0.2) is 21.2 Å². The van der Waals surface area contributed by atoms with Crippen molar-refractivity contribution in [3.63, 3.8) is 0 Å². The Kier molecular flexibility index (Phi) is 2.47. The van der Waals surface area contributed by atoms with Crippen LogP contribution >= 0.6 is 0 Å². The molecule has 0 aliphatic heterocycles. The first-order valence-electron chi connectivity index (χ1n) is 4.56. The monoisotopic (exact) mass is 218 g/mol. The zero-order chi connectivity index (χ0) is 11.5. The van der Waals surface area contributed by atoms with Crippen LogP contribution in [0.25, 0.3) is 0 Å². The van der Waals surface area contributed by atoms with Crippen LogP contribution in [0.5, 0.6) is 5.75 Å². The largest absolute Gasteiger partial charge is 0.506 e. The van der Waals surface area contributed by atoms with Crippen LogP contribution in [-0.2, 0) is 0 Å². The number of phenolic OH excluding ortho intramolecular Hbond substituents is 1. The molecule has 16 heavy (non-hydrogen) atoms. The molecule has 0 aliphatic rings. The number of nitrogens with two attached hydrogens (primary N) is 1. The van der Waals surface area contributed by atoms with Crippen LogP contribution in [0.15, 0.2) is 30.5 Å². The molecule has 1 aromatic heterocycles. The maximum absolute atomic E-state index is 11.7. The molecule has 6 heteroatoms. The Balaban J connectivity index is 2.21. The number of aromatic amines is 1. The minimum absolute atomic E-state index is 0.00193. The molecule has 5 N–H and O–H groups in total. The molecule has 0 bridgehead atoms. The van der Waals surface area contributed by atoms with Crippen LogP contribution < -0.4 is 11.1 Å². The Bertz CT molecular complexity index is 521. The van der Waals surface area contributed by atoms with Crippen molar-refractivity contribution in [2.45, 2.75) is 0 Å². The van der Waals surface area contributed by atoms with E-state index in [1.165, 1.54) is 12.3 Å². The normalized spacial score (nSPS) is 10.0. The number of aromatic hydroxyl groups is 1. The van der Waals surface area contributed by atoms with Crippen molar-refractivity contribution in [2.24, 2.45) is 0 Å². The zero-order valence-corrected chi connectivity index (χ0v) is 8.27. The van der Waals surface area contributed by atoms with Gasteiger partial charge in [-0.25, -0.2) is 0 Å². The van der Waals surface area contributed by atoms with E-state index in [0.717, 1.165) is 0 Å². The number of nitrogens with zero attached hydrogens (tertiary/aromatic N) is 1. The molecule has 0 spiro atoms. The first-order chi connectivity index (χ1) is 7.68. The van der Waals surface area contributed by atoms with Gasteiger partial charge >= 0.3 is 0 Å². The highest BCUT2D eigenvalue weighted by atomic mass is 16.3. The number of phenols is 1. The van der Waals surface area contributed by atoms with E-state index in [-0.39, 0.29) is 17.1 Å². The van der Waals surface area contributed by atoms with Gasteiger partial charge in [-0.3, -0.25) is 9.89 Å². The number of anilines is 2. The van der Waals surface area contributed by atoms with Crippen LogP contribution in [0.1, 0.15) is 10.4 Å². The standard InChI is InChI=1S/C10H10N4O2/c11-9-6(5-12-14-9)10(16)13-7-3-1-2-4-8(7)15/h1-5,15H,(H,13,16)(H3,11,12,14). The average Bonchev–Trinajstić information content (AvgIpc) is 2.68. The number of carbonyl (C=O) groups excluding carboxylic acids is 1. The number of hydrogen-bond acceptors (Lipinski definition) is 4. The highest BCUT2D eigenvalue weighted by Gasteiger charge is 2.12. The van der Waals surface area contributed by atoms with Gasteiger partial charge < -0.3 is 16.2 Å². The van der Waals surface area contributed by atoms with Crippen molar-refractivity contribution in [3.8, 4) is 5.75 Å². The fraction of sp³-hybridized carbons (Fsp3) is 0. The fourth-order valence-corrected chi connectivity index (χ4v) is 1.25. The number of para-hydroxylation sites is 2. The Hall–Kier alpha value is -2.50. The second kappa shape index (κ2) is 3.93. The van der Waals surface area contributed by atoms with Gasteiger partial charge in [0, 0.05) is 0 Å². The van der Waals surface area contributed by atoms with E-state index in [2.05, 4.69) is 15.5 Å². The van der Waals surface area contributed by atoms with Gasteiger partial charge in [0.25, 0.3) is 5.91 Å². The number of aromatic nitrogens is 2. The summed E-state index contributed by atoms with van der Waals surface area (Å²) in [5.41, 5.74) is 6.06. The van der Waals surface area contributed by atoms with E-state index in [9.17, 15) is 9.90 Å². The molecule has 0 aliphatic carbocycles. The molecule has 0 saturated heterocycles. The van der Waals surface area contributed by atoms with E-state index in [1.807, 2.05) is 0 Å². The molecule has 1 heterocycles. The highest BCUT2D eigenvalue weighted by Crippen LogP contribution is 2.22. The molecule has 0 atom stereocenters. The lowest BCUT2D eigenvalue weighted by molar-refractivity contribution is 0.102. The maximum Gasteiger partial charge on any atom is 0.261 e. The molecule has 82 valence electrons. The summed E-state index contributed by atoms with van der Waals surface area (Å²) >= 11 is 0. The Morgan fingerprint density at radius 1 is 1.44 bits per heavy atom. The number of hydrogen-bond donors (Lipinski definition) is 4. The SMILES string of the molecule is Nc1[nH]ncc1C(=O)Nc1ccccc1O. The lowest BCUT2D eigenvalue weighted by Crippen LogP contribution is -2.12. The van der Waals surface area contributed by atoms with Crippen molar-refractivity contribution in [1.29, 1.82) is 0 Å². The number of carbonyl (C=O) groups is 1. The summed E-state index contributed by atoms with van der Waals surface area (Å²) in [7, 11) is 0. The Labute approximate surface area is 91.1 Å². The summed E-state index contributed by atoms with van der Waals surface area (Å²) in [6.07, 6.45) is 1.32. The lowest BCUT2D eigenvalue weighted by atomic mass is 10.2. The molecule has 1 aromatic carbocycles. The van der Waals surface area contributed by atoms with E-state index in [4.69, 9.17) is 5.73 Å². The molecule has 6 nitrogen and oxygen atoms in total. The third-order valence-electron chi connectivity index (χ3n) is 2.07. The lowest BCUT2D eigenvalue weighted by Gasteiger charge is -2.05.